The fourth-order valence-corrected chi connectivity index (χ4v) is 3.52. The number of nitrogens with one attached hydrogen (secondary N) is 1. The molecule has 2 aliphatic rings. The lowest BCUT2D eigenvalue weighted by molar-refractivity contribution is -0.117. The van der Waals surface area contributed by atoms with Crippen molar-refractivity contribution in [3.63, 3.8) is 0 Å². The Hall–Kier alpha value is -3.16. The monoisotopic (exact) mass is 366 g/mol. The number of fused-ring (bicyclic) bond motifs is 1. The summed E-state index contributed by atoms with van der Waals surface area (Å²) in [5.74, 6) is 0.602. The lowest BCUT2D eigenvalue weighted by atomic mass is 10.2. The first-order valence-electron chi connectivity index (χ1n) is 9.15. The molecule has 0 unspecified atom stereocenters. The second kappa shape index (κ2) is 7.61. The van der Waals surface area contributed by atoms with Crippen molar-refractivity contribution >= 4 is 23.6 Å². The lowest BCUT2D eigenvalue weighted by Gasteiger charge is -2.34. The molecular weight excluding hydrogens is 344 g/mol. The zero-order valence-electron chi connectivity index (χ0n) is 15.0. The SMILES string of the molecule is O=C(NCC(=O)N1CCc2ccccc21)N1CCN(c2ncccn2)CC1. The molecule has 0 atom stereocenters. The van der Waals surface area contributed by atoms with Gasteiger partial charge in [-0.2, -0.15) is 0 Å². The van der Waals surface area contributed by atoms with E-state index in [4.69, 9.17) is 0 Å². The molecule has 8 nitrogen and oxygen atoms in total. The third kappa shape index (κ3) is 3.69. The minimum Gasteiger partial charge on any atom is -0.337 e. The van der Waals surface area contributed by atoms with Gasteiger partial charge >= 0.3 is 6.03 Å². The number of anilines is 2. The van der Waals surface area contributed by atoms with Crippen LogP contribution in [0, 0.1) is 0 Å². The number of piperazine rings is 1. The average molecular weight is 366 g/mol. The second-order valence-corrected chi connectivity index (χ2v) is 6.61. The van der Waals surface area contributed by atoms with Gasteiger partial charge < -0.3 is 20.0 Å². The van der Waals surface area contributed by atoms with Crippen molar-refractivity contribution in [2.45, 2.75) is 6.42 Å². The number of hydrogen-bond donors (Lipinski definition) is 1. The molecule has 0 bridgehead atoms. The van der Waals surface area contributed by atoms with E-state index in [2.05, 4.69) is 20.2 Å². The van der Waals surface area contributed by atoms with Crippen LogP contribution in [0.3, 0.4) is 0 Å². The third-order valence-corrected chi connectivity index (χ3v) is 4.98. The van der Waals surface area contributed by atoms with E-state index in [0.29, 0.717) is 38.7 Å². The molecule has 140 valence electrons. The fourth-order valence-electron chi connectivity index (χ4n) is 3.52. The highest BCUT2D eigenvalue weighted by Crippen LogP contribution is 2.27. The van der Waals surface area contributed by atoms with Gasteiger partial charge in [-0.05, 0) is 24.1 Å². The Bertz CT molecular complexity index is 820. The summed E-state index contributed by atoms with van der Waals surface area (Å²) in [5, 5.41) is 2.76. The lowest BCUT2D eigenvalue weighted by Crippen LogP contribution is -2.53. The normalized spacial score (nSPS) is 16.2. The number of rotatable bonds is 3. The molecule has 4 rings (SSSR count). The van der Waals surface area contributed by atoms with Crippen LogP contribution in [0.15, 0.2) is 42.7 Å². The molecule has 0 saturated carbocycles. The van der Waals surface area contributed by atoms with E-state index in [1.165, 1.54) is 5.56 Å². The van der Waals surface area contributed by atoms with Crippen LogP contribution < -0.4 is 15.1 Å². The van der Waals surface area contributed by atoms with E-state index < -0.39 is 0 Å². The maximum Gasteiger partial charge on any atom is 0.317 e. The Morgan fingerprint density at radius 3 is 2.48 bits per heavy atom. The largest absolute Gasteiger partial charge is 0.337 e. The predicted molar refractivity (Wildman–Crippen MR) is 102 cm³/mol. The maximum absolute atomic E-state index is 12.5. The highest BCUT2D eigenvalue weighted by Gasteiger charge is 2.26. The van der Waals surface area contributed by atoms with Crippen molar-refractivity contribution < 1.29 is 9.59 Å². The van der Waals surface area contributed by atoms with Crippen LogP contribution >= 0.6 is 0 Å². The van der Waals surface area contributed by atoms with Crippen molar-refractivity contribution in [2.24, 2.45) is 0 Å². The number of aromatic nitrogens is 2. The van der Waals surface area contributed by atoms with E-state index in [1.807, 2.05) is 24.3 Å². The van der Waals surface area contributed by atoms with Crippen LogP contribution in [-0.4, -0.2) is 66.1 Å². The molecule has 1 saturated heterocycles. The van der Waals surface area contributed by atoms with Gasteiger partial charge in [0.25, 0.3) is 0 Å². The van der Waals surface area contributed by atoms with Gasteiger partial charge in [0.15, 0.2) is 0 Å². The van der Waals surface area contributed by atoms with Crippen LogP contribution in [0.25, 0.3) is 0 Å². The standard InChI is InChI=1S/C19H22N6O2/c26-17(25-9-6-15-4-1-2-5-16(15)25)14-22-19(27)24-12-10-23(11-13-24)18-20-7-3-8-21-18/h1-5,7-8H,6,9-14H2,(H,22,27). The van der Waals surface area contributed by atoms with Crippen LogP contribution in [0.5, 0.6) is 0 Å². The average Bonchev–Trinajstić information content (AvgIpc) is 3.17. The maximum atomic E-state index is 12.5. The predicted octanol–water partition coefficient (Wildman–Crippen LogP) is 0.897. The molecule has 3 heterocycles. The number of amides is 3. The van der Waals surface area contributed by atoms with E-state index in [1.54, 1.807) is 28.3 Å². The highest BCUT2D eigenvalue weighted by atomic mass is 16.2. The molecular formula is C19H22N6O2. The van der Waals surface area contributed by atoms with Crippen LogP contribution in [0.2, 0.25) is 0 Å². The molecule has 3 amide bonds. The topological polar surface area (TPSA) is 81.7 Å². The van der Waals surface area contributed by atoms with Gasteiger partial charge in [-0.15, -0.1) is 0 Å². The Kier molecular flexibility index (Phi) is 4.86. The zero-order valence-corrected chi connectivity index (χ0v) is 15.0. The first-order chi connectivity index (χ1) is 13.2. The van der Waals surface area contributed by atoms with Crippen molar-refractivity contribution in [1.29, 1.82) is 0 Å². The number of carbonyl (C=O) groups excluding carboxylic acids is 2. The first kappa shape index (κ1) is 17.3. The summed E-state index contributed by atoms with van der Waals surface area (Å²) in [7, 11) is 0. The Labute approximate surface area is 157 Å². The summed E-state index contributed by atoms with van der Waals surface area (Å²) in [6.07, 6.45) is 4.28. The first-order valence-corrected chi connectivity index (χ1v) is 9.15. The molecule has 1 aromatic carbocycles. The quantitative estimate of drug-likeness (QED) is 0.873. The smallest absolute Gasteiger partial charge is 0.317 e. The molecule has 1 fully saturated rings. The summed E-state index contributed by atoms with van der Waals surface area (Å²) in [4.78, 5) is 38.9. The van der Waals surface area contributed by atoms with E-state index in [0.717, 1.165) is 12.1 Å². The Morgan fingerprint density at radius 2 is 1.70 bits per heavy atom. The molecule has 2 aliphatic heterocycles. The van der Waals surface area contributed by atoms with E-state index >= 15 is 0 Å². The van der Waals surface area contributed by atoms with Crippen molar-refractivity contribution in [3.05, 3.63) is 48.3 Å². The van der Waals surface area contributed by atoms with Crippen molar-refractivity contribution in [2.75, 3.05) is 49.1 Å². The van der Waals surface area contributed by atoms with Crippen LogP contribution in [-0.2, 0) is 11.2 Å². The Morgan fingerprint density at radius 1 is 0.963 bits per heavy atom. The highest BCUT2D eigenvalue weighted by molar-refractivity contribution is 5.98. The molecule has 1 aromatic heterocycles. The van der Waals surface area contributed by atoms with Crippen LogP contribution in [0.4, 0.5) is 16.4 Å². The fraction of sp³-hybridized carbons (Fsp3) is 0.368. The zero-order chi connectivity index (χ0) is 18.6. The van der Waals surface area contributed by atoms with Crippen molar-refractivity contribution in [3.8, 4) is 0 Å². The summed E-state index contributed by atoms with van der Waals surface area (Å²) < 4.78 is 0. The molecule has 27 heavy (non-hydrogen) atoms. The summed E-state index contributed by atoms with van der Waals surface area (Å²) >= 11 is 0. The van der Waals surface area contributed by atoms with Gasteiger partial charge in [0.1, 0.15) is 0 Å². The van der Waals surface area contributed by atoms with Crippen LogP contribution in [0.1, 0.15) is 5.56 Å². The minimum atomic E-state index is -0.204. The molecule has 0 aliphatic carbocycles. The molecule has 2 aromatic rings. The third-order valence-electron chi connectivity index (χ3n) is 4.98. The van der Waals surface area contributed by atoms with Gasteiger partial charge in [-0.25, -0.2) is 14.8 Å². The minimum absolute atomic E-state index is 0.00911. The van der Waals surface area contributed by atoms with Gasteiger partial charge in [-0.3, -0.25) is 4.79 Å². The van der Waals surface area contributed by atoms with Crippen molar-refractivity contribution in [1.82, 2.24) is 20.2 Å². The van der Waals surface area contributed by atoms with Gasteiger partial charge in [0, 0.05) is 50.8 Å². The summed E-state index contributed by atoms with van der Waals surface area (Å²) in [6, 6.07) is 9.48. The van der Waals surface area contributed by atoms with Gasteiger partial charge in [0.05, 0.1) is 6.54 Å². The Balaban J connectivity index is 1.26. The number of urea groups is 1. The summed E-state index contributed by atoms with van der Waals surface area (Å²) in [5.41, 5.74) is 2.13. The number of carbonyl (C=O) groups is 2. The van der Waals surface area contributed by atoms with Gasteiger partial charge in [0.2, 0.25) is 11.9 Å². The molecule has 0 spiro atoms. The second-order valence-electron chi connectivity index (χ2n) is 6.61. The number of para-hydroxylation sites is 1. The molecule has 0 radical (unpaired) electrons. The number of benzene rings is 1. The summed E-state index contributed by atoms with van der Waals surface area (Å²) in [6.45, 7) is 3.17. The molecule has 1 N–H and O–H groups in total. The molecule has 8 heteroatoms. The number of nitrogens with zero attached hydrogens (tertiary/aromatic N) is 5. The van der Waals surface area contributed by atoms with E-state index in [-0.39, 0.29) is 18.5 Å². The van der Waals surface area contributed by atoms with Gasteiger partial charge in [-0.1, -0.05) is 18.2 Å². The van der Waals surface area contributed by atoms with E-state index in [9.17, 15) is 9.59 Å². The number of hydrogen-bond acceptors (Lipinski definition) is 5.